The molecule has 0 fully saturated rings. The first-order chi connectivity index (χ1) is 7.74. The second-order valence-electron chi connectivity index (χ2n) is 6.32. The van der Waals surface area contributed by atoms with Gasteiger partial charge >= 0.3 is 0 Å². The fourth-order valence-corrected chi connectivity index (χ4v) is 2.22. The minimum Gasteiger partial charge on any atom is -0.396 e. The van der Waals surface area contributed by atoms with Crippen molar-refractivity contribution in [2.24, 2.45) is 5.41 Å². The summed E-state index contributed by atoms with van der Waals surface area (Å²) in [5.41, 5.74) is 1.16. The molecule has 0 atom stereocenters. The highest BCUT2D eigenvalue weighted by Crippen LogP contribution is 2.25. The predicted molar refractivity (Wildman–Crippen MR) is 73.4 cm³/mol. The van der Waals surface area contributed by atoms with E-state index in [9.17, 15) is 0 Å². The molecule has 1 heterocycles. The van der Waals surface area contributed by atoms with Crippen LogP contribution >= 0.6 is 11.3 Å². The predicted octanol–water partition coefficient (Wildman–Crippen LogP) is 2.55. The first kappa shape index (κ1) is 14.6. The third-order valence-electron chi connectivity index (χ3n) is 2.53. The molecule has 0 saturated heterocycles. The summed E-state index contributed by atoms with van der Waals surface area (Å²) >= 11 is 1.72. The highest BCUT2D eigenvalue weighted by Gasteiger charge is 2.19. The number of nitrogens with one attached hydrogen (secondary N) is 1. The monoisotopic (exact) mass is 256 g/mol. The fraction of sp³-hybridized carbons (Fsp3) is 0.769. The maximum atomic E-state index is 9.15. The van der Waals surface area contributed by atoms with Gasteiger partial charge in [0.05, 0.1) is 10.7 Å². The topological polar surface area (TPSA) is 45.1 Å². The Bertz CT molecular complexity index is 353. The van der Waals surface area contributed by atoms with Crippen LogP contribution in [0.4, 0.5) is 0 Å². The quantitative estimate of drug-likeness (QED) is 0.851. The lowest BCUT2D eigenvalue weighted by Crippen LogP contribution is -2.32. The Morgan fingerprint density at radius 1 is 1.29 bits per heavy atom. The van der Waals surface area contributed by atoms with Gasteiger partial charge in [-0.3, -0.25) is 0 Å². The van der Waals surface area contributed by atoms with Crippen LogP contribution in [-0.4, -0.2) is 23.2 Å². The van der Waals surface area contributed by atoms with Crippen molar-refractivity contribution in [3.05, 3.63) is 16.1 Å². The van der Waals surface area contributed by atoms with Crippen molar-refractivity contribution in [1.29, 1.82) is 0 Å². The van der Waals surface area contributed by atoms with Gasteiger partial charge in [-0.25, -0.2) is 4.98 Å². The molecule has 1 rings (SSSR count). The number of thiazole rings is 1. The molecule has 3 nitrogen and oxygen atoms in total. The van der Waals surface area contributed by atoms with Crippen molar-refractivity contribution >= 4 is 11.3 Å². The van der Waals surface area contributed by atoms with E-state index < -0.39 is 0 Å². The molecule has 4 heteroatoms. The van der Waals surface area contributed by atoms with E-state index in [4.69, 9.17) is 5.11 Å². The lowest BCUT2D eigenvalue weighted by molar-refractivity contribution is 0.156. The fourth-order valence-electron chi connectivity index (χ4n) is 1.32. The first-order valence-corrected chi connectivity index (χ1v) is 6.89. The number of aromatic nitrogens is 1. The third-order valence-corrected chi connectivity index (χ3v) is 3.85. The lowest BCUT2D eigenvalue weighted by Gasteiger charge is -2.21. The van der Waals surface area contributed by atoms with Crippen LogP contribution in [0.15, 0.2) is 5.38 Å². The van der Waals surface area contributed by atoms with Gasteiger partial charge in [0.25, 0.3) is 0 Å². The summed E-state index contributed by atoms with van der Waals surface area (Å²) in [6, 6.07) is 0. The SMILES string of the molecule is CC(C)(CO)CNCc1csc(C(C)(C)C)n1. The van der Waals surface area contributed by atoms with Gasteiger partial charge in [-0.2, -0.15) is 0 Å². The summed E-state index contributed by atoms with van der Waals surface area (Å²) in [7, 11) is 0. The van der Waals surface area contributed by atoms with Crippen LogP contribution in [0.25, 0.3) is 0 Å². The molecule has 1 aromatic heterocycles. The molecule has 2 N–H and O–H groups in total. The Labute approximate surface area is 108 Å². The summed E-state index contributed by atoms with van der Waals surface area (Å²) in [5.74, 6) is 0. The molecule has 0 amide bonds. The van der Waals surface area contributed by atoms with Crippen LogP contribution in [-0.2, 0) is 12.0 Å². The zero-order valence-electron chi connectivity index (χ0n) is 11.5. The largest absolute Gasteiger partial charge is 0.396 e. The van der Waals surface area contributed by atoms with Gasteiger partial charge in [-0.05, 0) is 0 Å². The average molecular weight is 256 g/mol. The Balaban J connectivity index is 2.46. The standard InChI is InChI=1S/C13H24N2OS/c1-12(2,3)11-15-10(7-17-11)6-14-8-13(4,5)9-16/h7,14,16H,6,8-9H2,1-5H3. The van der Waals surface area contributed by atoms with Gasteiger partial charge in [0, 0.05) is 35.9 Å². The van der Waals surface area contributed by atoms with Gasteiger partial charge in [-0.1, -0.05) is 34.6 Å². The minimum atomic E-state index is -0.0666. The zero-order chi connectivity index (χ0) is 13.1. The molecule has 17 heavy (non-hydrogen) atoms. The molecular formula is C13H24N2OS. The van der Waals surface area contributed by atoms with Gasteiger partial charge in [0.1, 0.15) is 0 Å². The summed E-state index contributed by atoms with van der Waals surface area (Å²) in [5, 5.41) is 15.8. The summed E-state index contributed by atoms with van der Waals surface area (Å²) < 4.78 is 0. The van der Waals surface area contributed by atoms with Crippen LogP contribution in [0, 0.1) is 5.41 Å². The number of nitrogens with zero attached hydrogens (tertiary/aromatic N) is 1. The first-order valence-electron chi connectivity index (χ1n) is 6.01. The maximum absolute atomic E-state index is 9.15. The third kappa shape index (κ3) is 4.74. The molecule has 0 bridgehead atoms. The number of hydrogen-bond donors (Lipinski definition) is 2. The highest BCUT2D eigenvalue weighted by molar-refractivity contribution is 7.09. The summed E-state index contributed by atoms with van der Waals surface area (Å²) in [6.45, 7) is 12.4. The molecule has 98 valence electrons. The zero-order valence-corrected chi connectivity index (χ0v) is 12.3. The smallest absolute Gasteiger partial charge is 0.0982 e. The Morgan fingerprint density at radius 3 is 2.41 bits per heavy atom. The van der Waals surface area contributed by atoms with E-state index in [1.807, 2.05) is 13.8 Å². The van der Waals surface area contributed by atoms with E-state index in [1.54, 1.807) is 11.3 Å². The number of hydrogen-bond acceptors (Lipinski definition) is 4. The van der Waals surface area contributed by atoms with Crippen LogP contribution in [0.3, 0.4) is 0 Å². The van der Waals surface area contributed by atoms with Crippen molar-refractivity contribution in [2.75, 3.05) is 13.2 Å². The van der Waals surface area contributed by atoms with Crippen molar-refractivity contribution < 1.29 is 5.11 Å². The molecule has 0 aliphatic heterocycles. The van der Waals surface area contributed by atoms with E-state index >= 15 is 0 Å². The molecule has 0 spiro atoms. The van der Waals surface area contributed by atoms with Gasteiger partial charge in [0.15, 0.2) is 0 Å². The van der Waals surface area contributed by atoms with E-state index in [-0.39, 0.29) is 17.4 Å². The normalized spacial score (nSPS) is 13.1. The Hall–Kier alpha value is -0.450. The molecule has 0 unspecified atom stereocenters. The molecule has 0 aliphatic rings. The van der Waals surface area contributed by atoms with Crippen molar-refractivity contribution in [3.8, 4) is 0 Å². The highest BCUT2D eigenvalue weighted by atomic mass is 32.1. The number of aliphatic hydroxyl groups is 1. The van der Waals surface area contributed by atoms with Gasteiger partial charge in [0.2, 0.25) is 0 Å². The van der Waals surface area contributed by atoms with E-state index in [2.05, 4.69) is 36.5 Å². The number of aliphatic hydroxyl groups excluding tert-OH is 1. The number of rotatable bonds is 5. The maximum Gasteiger partial charge on any atom is 0.0982 e. The summed E-state index contributed by atoms with van der Waals surface area (Å²) in [4.78, 5) is 4.62. The van der Waals surface area contributed by atoms with E-state index in [1.165, 1.54) is 5.01 Å². The Kier molecular flexibility index (Phi) is 4.69. The van der Waals surface area contributed by atoms with Crippen molar-refractivity contribution in [3.63, 3.8) is 0 Å². The molecule has 0 saturated carbocycles. The second kappa shape index (κ2) is 5.46. The van der Waals surface area contributed by atoms with Gasteiger partial charge < -0.3 is 10.4 Å². The Morgan fingerprint density at radius 2 is 1.94 bits per heavy atom. The summed E-state index contributed by atoms with van der Waals surface area (Å²) in [6.07, 6.45) is 0. The second-order valence-corrected chi connectivity index (χ2v) is 7.18. The molecule has 0 aromatic carbocycles. The molecular weight excluding hydrogens is 232 g/mol. The van der Waals surface area contributed by atoms with Crippen molar-refractivity contribution in [1.82, 2.24) is 10.3 Å². The lowest BCUT2D eigenvalue weighted by atomic mass is 9.95. The van der Waals surface area contributed by atoms with E-state index in [0.29, 0.717) is 0 Å². The van der Waals surface area contributed by atoms with Crippen LogP contribution in [0.2, 0.25) is 0 Å². The molecule has 1 aromatic rings. The average Bonchev–Trinajstić information content (AvgIpc) is 2.66. The van der Waals surface area contributed by atoms with Crippen LogP contribution in [0.1, 0.15) is 45.3 Å². The van der Waals surface area contributed by atoms with E-state index in [0.717, 1.165) is 18.8 Å². The van der Waals surface area contributed by atoms with Gasteiger partial charge in [-0.15, -0.1) is 11.3 Å². The van der Waals surface area contributed by atoms with Crippen LogP contribution < -0.4 is 5.32 Å². The minimum absolute atomic E-state index is 0.0666. The van der Waals surface area contributed by atoms with Crippen molar-refractivity contribution in [2.45, 2.75) is 46.6 Å². The molecule has 0 radical (unpaired) electrons. The molecule has 0 aliphatic carbocycles. The van der Waals surface area contributed by atoms with Crippen LogP contribution in [0.5, 0.6) is 0 Å².